The zero-order valence-electron chi connectivity index (χ0n) is 19.2. The van der Waals surface area contributed by atoms with Crippen molar-refractivity contribution in [3.8, 4) is 0 Å². The van der Waals surface area contributed by atoms with Gasteiger partial charge >= 0.3 is 5.97 Å². The highest BCUT2D eigenvalue weighted by atomic mass is 16.6. The number of allylic oxidation sites excluding steroid dienone is 6. The highest BCUT2D eigenvalue weighted by Gasteiger charge is 2.40. The van der Waals surface area contributed by atoms with Gasteiger partial charge in [-0.2, -0.15) is 0 Å². The van der Waals surface area contributed by atoms with E-state index in [1.807, 2.05) is 6.08 Å². The van der Waals surface area contributed by atoms with Crippen LogP contribution in [0.15, 0.2) is 48.0 Å². The van der Waals surface area contributed by atoms with Gasteiger partial charge in [-0.25, -0.2) is 4.79 Å². The smallest absolute Gasteiger partial charge is 0.327 e. The van der Waals surface area contributed by atoms with E-state index in [-0.39, 0.29) is 12.6 Å². The van der Waals surface area contributed by atoms with Gasteiger partial charge in [0.1, 0.15) is 18.0 Å². The summed E-state index contributed by atoms with van der Waals surface area (Å²) in [6, 6.07) is 0. The SMILES string of the molecule is CCCCC/C=C\C/C=C\C/C=C\CCCCC(=O)C(O)[C@H](O)[C@H]1OC(=O)C([O-])=C1O.[NH4+]. The van der Waals surface area contributed by atoms with Gasteiger partial charge in [0.25, 0.3) is 0 Å². The molecule has 0 aromatic carbocycles. The number of carbonyl (C=O) groups excluding carboxylic acids is 2. The molecule has 0 spiro atoms. The highest BCUT2D eigenvalue weighted by Crippen LogP contribution is 2.22. The lowest BCUT2D eigenvalue weighted by Crippen LogP contribution is -2.43. The number of aliphatic hydroxyl groups is 3. The summed E-state index contributed by atoms with van der Waals surface area (Å²) in [6.45, 7) is 2.20. The molecule has 0 aromatic heterocycles. The standard InChI is InChI=1S/C24H36O7.H3N/c1-2-3-4-5-6-7-8-9-10-11-12-13-14-15-16-17-18(25)19(26)20(27)23-21(28)22(29)24(30)31-23;/h6-7,9-10,12-13,19-20,23,26-29H,2-5,8,11,14-17H2,1H3;1H3/b7-6-,10-9-,13-12-;/t19?,20-,23+;/m0./s1. The molecule has 0 saturated heterocycles. The number of rotatable bonds is 16. The minimum atomic E-state index is -1.87. The maximum absolute atomic E-state index is 12.0. The fourth-order valence-corrected chi connectivity index (χ4v) is 3.05. The maximum atomic E-state index is 12.0. The third-order valence-electron chi connectivity index (χ3n) is 4.95. The molecule has 8 heteroatoms. The first-order chi connectivity index (χ1) is 14.9. The first-order valence-corrected chi connectivity index (χ1v) is 11.0. The molecule has 8 nitrogen and oxygen atoms in total. The molecular formula is C24H39NO7. The summed E-state index contributed by atoms with van der Waals surface area (Å²) in [7, 11) is 0. The predicted molar refractivity (Wildman–Crippen MR) is 122 cm³/mol. The Morgan fingerprint density at radius 1 is 1.00 bits per heavy atom. The van der Waals surface area contributed by atoms with E-state index in [9.17, 15) is 30.0 Å². The van der Waals surface area contributed by atoms with E-state index in [4.69, 9.17) is 0 Å². The van der Waals surface area contributed by atoms with Gasteiger partial charge in [0.2, 0.25) is 0 Å². The molecule has 182 valence electrons. The number of Topliss-reactive ketones (excluding diaryl/α,β-unsaturated/α-hetero) is 1. The number of hydrogen-bond acceptors (Lipinski definition) is 7. The summed E-state index contributed by atoms with van der Waals surface area (Å²) in [5.74, 6) is -4.22. The molecule has 0 fully saturated rings. The molecule has 1 heterocycles. The molecule has 1 aliphatic rings. The molecule has 0 bridgehead atoms. The summed E-state index contributed by atoms with van der Waals surface area (Å²) >= 11 is 0. The molecule has 3 atom stereocenters. The van der Waals surface area contributed by atoms with Gasteiger partial charge in [-0.15, -0.1) is 0 Å². The monoisotopic (exact) mass is 453 g/mol. The van der Waals surface area contributed by atoms with Crippen LogP contribution in [0.4, 0.5) is 0 Å². The molecule has 1 rings (SSSR count). The molecule has 7 N–H and O–H groups in total. The van der Waals surface area contributed by atoms with Crippen molar-refractivity contribution in [3.05, 3.63) is 48.0 Å². The minimum absolute atomic E-state index is 0. The van der Waals surface area contributed by atoms with Gasteiger partial charge in [0.05, 0.1) is 0 Å². The van der Waals surface area contributed by atoms with Gasteiger partial charge in [-0.05, 0) is 44.9 Å². The molecule has 1 aliphatic heterocycles. The highest BCUT2D eigenvalue weighted by molar-refractivity contribution is 5.89. The second-order valence-electron chi connectivity index (χ2n) is 7.57. The zero-order chi connectivity index (χ0) is 23.1. The van der Waals surface area contributed by atoms with E-state index < -0.39 is 41.6 Å². The number of ether oxygens (including phenoxy) is 1. The lowest BCUT2D eigenvalue weighted by atomic mass is 9.99. The second kappa shape index (κ2) is 17.2. The van der Waals surface area contributed by atoms with E-state index in [0.717, 1.165) is 32.1 Å². The fourth-order valence-electron chi connectivity index (χ4n) is 3.05. The first kappa shape index (κ1) is 29.6. The minimum Gasteiger partial charge on any atom is -0.865 e. The number of quaternary nitrogens is 1. The Morgan fingerprint density at radius 2 is 1.53 bits per heavy atom. The molecule has 0 saturated carbocycles. The number of aliphatic hydroxyl groups excluding tert-OH is 3. The Balaban J connectivity index is 0.00000961. The van der Waals surface area contributed by atoms with Crippen molar-refractivity contribution in [2.75, 3.05) is 0 Å². The Bertz CT molecular complexity index is 682. The van der Waals surface area contributed by atoms with Crippen LogP contribution in [0.25, 0.3) is 0 Å². The van der Waals surface area contributed by atoms with Crippen molar-refractivity contribution in [1.82, 2.24) is 6.15 Å². The molecule has 0 aliphatic carbocycles. The van der Waals surface area contributed by atoms with Crippen molar-refractivity contribution in [2.45, 2.75) is 89.4 Å². The molecule has 32 heavy (non-hydrogen) atoms. The average Bonchev–Trinajstić information content (AvgIpc) is 3.02. The molecule has 0 aromatic rings. The predicted octanol–water partition coefficient (Wildman–Crippen LogP) is 3.30. The van der Waals surface area contributed by atoms with Crippen molar-refractivity contribution in [2.24, 2.45) is 0 Å². The van der Waals surface area contributed by atoms with E-state index in [2.05, 4.69) is 42.0 Å². The third-order valence-corrected chi connectivity index (χ3v) is 4.95. The molecule has 0 amide bonds. The van der Waals surface area contributed by atoms with Crippen LogP contribution in [-0.2, 0) is 14.3 Å². The van der Waals surface area contributed by atoms with Crippen molar-refractivity contribution in [3.63, 3.8) is 0 Å². The van der Waals surface area contributed by atoms with Crippen LogP contribution in [0.5, 0.6) is 0 Å². The quantitative estimate of drug-likeness (QED) is 0.158. The lowest BCUT2D eigenvalue weighted by molar-refractivity contribution is -0.303. The lowest BCUT2D eigenvalue weighted by Gasteiger charge is -2.22. The largest absolute Gasteiger partial charge is 0.865 e. The van der Waals surface area contributed by atoms with Gasteiger partial charge < -0.3 is 31.3 Å². The molecule has 1 unspecified atom stereocenters. The van der Waals surface area contributed by atoms with Crippen molar-refractivity contribution in [1.29, 1.82) is 0 Å². The van der Waals surface area contributed by atoms with E-state index in [0.29, 0.717) is 6.42 Å². The van der Waals surface area contributed by atoms with E-state index >= 15 is 0 Å². The number of ketones is 1. The number of hydrogen-bond donors (Lipinski definition) is 4. The van der Waals surface area contributed by atoms with Gasteiger partial charge in [-0.1, -0.05) is 56.2 Å². The topological polar surface area (TPSA) is 164 Å². The Morgan fingerprint density at radius 3 is 2.03 bits per heavy atom. The summed E-state index contributed by atoms with van der Waals surface area (Å²) in [5.41, 5.74) is 0. The maximum Gasteiger partial charge on any atom is 0.327 e. The Labute approximate surface area is 190 Å². The van der Waals surface area contributed by atoms with Crippen LogP contribution < -0.4 is 11.3 Å². The number of esters is 1. The van der Waals surface area contributed by atoms with Gasteiger partial charge in [0.15, 0.2) is 11.9 Å². The summed E-state index contributed by atoms with van der Waals surface area (Å²) in [4.78, 5) is 23.1. The summed E-state index contributed by atoms with van der Waals surface area (Å²) in [6.07, 6.45) is 16.2. The van der Waals surface area contributed by atoms with Crippen LogP contribution in [0.2, 0.25) is 0 Å². The Kier molecular flexibility index (Phi) is 15.9. The molecular weight excluding hydrogens is 414 g/mol. The fraction of sp³-hybridized carbons (Fsp3) is 0.583. The van der Waals surface area contributed by atoms with E-state index in [1.54, 1.807) is 0 Å². The second-order valence-corrected chi connectivity index (χ2v) is 7.57. The van der Waals surface area contributed by atoms with E-state index in [1.165, 1.54) is 19.3 Å². The van der Waals surface area contributed by atoms with Crippen LogP contribution in [0.3, 0.4) is 0 Å². The van der Waals surface area contributed by atoms with Crippen LogP contribution in [0, 0.1) is 0 Å². The number of unbranched alkanes of at least 4 members (excludes halogenated alkanes) is 5. The summed E-state index contributed by atoms with van der Waals surface area (Å²) in [5, 5.41) is 40.5. The first-order valence-electron chi connectivity index (χ1n) is 11.0. The van der Waals surface area contributed by atoms with Crippen LogP contribution in [0.1, 0.15) is 71.1 Å². The zero-order valence-corrected chi connectivity index (χ0v) is 19.2. The number of carbonyl (C=O) groups is 2. The Hall–Kier alpha value is -2.42. The normalized spacial score (nSPS) is 18.5. The van der Waals surface area contributed by atoms with Crippen molar-refractivity contribution < 1.29 is 34.8 Å². The van der Waals surface area contributed by atoms with Crippen LogP contribution in [-0.4, -0.2) is 45.4 Å². The average molecular weight is 454 g/mol. The van der Waals surface area contributed by atoms with Gasteiger partial charge in [0, 0.05) is 12.2 Å². The van der Waals surface area contributed by atoms with Crippen molar-refractivity contribution >= 4 is 11.8 Å². The number of cyclic esters (lactones) is 1. The third kappa shape index (κ3) is 10.7. The molecule has 0 radical (unpaired) electrons. The van der Waals surface area contributed by atoms with Gasteiger partial charge in [-0.3, -0.25) is 4.79 Å². The van der Waals surface area contributed by atoms with Crippen LogP contribution >= 0.6 is 0 Å². The summed E-state index contributed by atoms with van der Waals surface area (Å²) < 4.78 is 4.49.